The van der Waals surface area contributed by atoms with Crippen LogP contribution < -0.4 is 0 Å². The van der Waals surface area contributed by atoms with E-state index in [2.05, 4.69) is 0 Å². The second-order valence-electron chi connectivity index (χ2n) is 2.43. The van der Waals surface area contributed by atoms with Crippen molar-refractivity contribution < 1.29 is 4.79 Å². The number of halogens is 2. The lowest BCUT2D eigenvalue weighted by Gasteiger charge is -2.01. The first-order valence-electron chi connectivity index (χ1n) is 3.63. The second kappa shape index (κ2) is 3.92. The molecule has 0 aliphatic rings. The van der Waals surface area contributed by atoms with Crippen LogP contribution in [0.3, 0.4) is 0 Å². The van der Waals surface area contributed by atoms with E-state index in [9.17, 15) is 4.79 Å². The van der Waals surface area contributed by atoms with Gasteiger partial charge in [-0.2, -0.15) is 0 Å². The van der Waals surface area contributed by atoms with E-state index in [0.29, 0.717) is 10.6 Å². The normalized spacial score (nSPS) is 9.92. The van der Waals surface area contributed by atoms with Crippen molar-refractivity contribution in [3.8, 4) is 0 Å². The predicted octanol–water partition coefficient (Wildman–Crippen LogP) is 3.28. The van der Waals surface area contributed by atoms with E-state index in [1.807, 2.05) is 6.92 Å². The van der Waals surface area contributed by atoms with E-state index in [4.69, 9.17) is 23.2 Å². The number of benzene rings is 1. The topological polar surface area (TPSA) is 17.1 Å². The van der Waals surface area contributed by atoms with Crippen LogP contribution in [0.15, 0.2) is 18.2 Å². The minimum absolute atomic E-state index is 0.443. The standard InChI is InChI=1S/C9H8Cl2O/c1-2-6-5-7(9(11)12)3-4-8(6)10/h3-5H,2H2,1H3. The highest BCUT2D eigenvalue weighted by molar-refractivity contribution is 6.67. The summed E-state index contributed by atoms with van der Waals surface area (Å²) < 4.78 is 0. The predicted molar refractivity (Wildman–Crippen MR) is 51.0 cm³/mol. The highest BCUT2D eigenvalue weighted by atomic mass is 35.5. The van der Waals surface area contributed by atoms with Crippen LogP contribution in [0.4, 0.5) is 0 Å². The van der Waals surface area contributed by atoms with Gasteiger partial charge in [0.05, 0.1) is 0 Å². The molecule has 0 bridgehead atoms. The molecule has 0 fully saturated rings. The van der Waals surface area contributed by atoms with Crippen LogP contribution in [0.5, 0.6) is 0 Å². The van der Waals surface area contributed by atoms with Crippen molar-refractivity contribution in [2.24, 2.45) is 0 Å². The quantitative estimate of drug-likeness (QED) is 0.674. The van der Waals surface area contributed by atoms with Crippen LogP contribution in [-0.2, 0) is 6.42 Å². The third kappa shape index (κ3) is 1.99. The van der Waals surface area contributed by atoms with Crippen molar-refractivity contribution in [2.45, 2.75) is 13.3 Å². The lowest BCUT2D eigenvalue weighted by Crippen LogP contribution is -1.91. The molecule has 1 aromatic carbocycles. The second-order valence-corrected chi connectivity index (χ2v) is 3.18. The van der Waals surface area contributed by atoms with Gasteiger partial charge in [-0.05, 0) is 41.8 Å². The molecule has 3 heteroatoms. The Labute approximate surface area is 81.3 Å². The SMILES string of the molecule is CCc1cc(C(=O)Cl)ccc1Cl. The summed E-state index contributed by atoms with van der Waals surface area (Å²) >= 11 is 11.1. The highest BCUT2D eigenvalue weighted by Gasteiger charge is 2.04. The smallest absolute Gasteiger partial charge is 0.252 e. The van der Waals surface area contributed by atoms with Gasteiger partial charge in [0.25, 0.3) is 5.24 Å². The van der Waals surface area contributed by atoms with Crippen LogP contribution in [0, 0.1) is 0 Å². The molecular weight excluding hydrogens is 195 g/mol. The molecule has 0 aliphatic heterocycles. The van der Waals surface area contributed by atoms with Crippen LogP contribution in [0.1, 0.15) is 22.8 Å². The molecule has 0 aliphatic carbocycles. The van der Waals surface area contributed by atoms with E-state index in [-0.39, 0.29) is 0 Å². The maximum Gasteiger partial charge on any atom is 0.252 e. The molecule has 0 aromatic heterocycles. The first-order chi connectivity index (χ1) is 5.65. The Morgan fingerprint density at radius 1 is 1.50 bits per heavy atom. The molecule has 0 N–H and O–H groups in total. The Hall–Kier alpha value is -0.530. The van der Waals surface area contributed by atoms with Gasteiger partial charge in [-0.1, -0.05) is 18.5 Å². The molecule has 12 heavy (non-hydrogen) atoms. The summed E-state index contributed by atoms with van der Waals surface area (Å²) in [4.78, 5) is 10.7. The largest absolute Gasteiger partial charge is 0.276 e. The van der Waals surface area contributed by atoms with E-state index in [1.165, 1.54) is 0 Å². The molecule has 0 atom stereocenters. The third-order valence-corrected chi connectivity index (χ3v) is 2.24. The zero-order chi connectivity index (χ0) is 9.14. The Kier molecular flexibility index (Phi) is 3.12. The van der Waals surface area contributed by atoms with E-state index in [0.717, 1.165) is 12.0 Å². The summed E-state index contributed by atoms with van der Waals surface area (Å²) in [6.07, 6.45) is 0.802. The van der Waals surface area contributed by atoms with Crippen LogP contribution in [0.2, 0.25) is 5.02 Å². The molecule has 0 spiro atoms. The van der Waals surface area contributed by atoms with E-state index >= 15 is 0 Å². The minimum atomic E-state index is -0.443. The van der Waals surface area contributed by atoms with Crippen LogP contribution >= 0.6 is 23.2 Å². The lowest BCUT2D eigenvalue weighted by atomic mass is 10.1. The number of hydrogen-bond donors (Lipinski definition) is 0. The van der Waals surface area contributed by atoms with Gasteiger partial charge in [0, 0.05) is 10.6 Å². The number of rotatable bonds is 2. The zero-order valence-corrected chi connectivity index (χ0v) is 8.12. The summed E-state index contributed by atoms with van der Waals surface area (Å²) in [7, 11) is 0. The van der Waals surface area contributed by atoms with Gasteiger partial charge in [-0.3, -0.25) is 4.79 Å². The Morgan fingerprint density at radius 2 is 2.17 bits per heavy atom. The summed E-state index contributed by atoms with van der Waals surface area (Å²) in [5.41, 5.74) is 1.45. The molecule has 64 valence electrons. The molecule has 0 amide bonds. The van der Waals surface area contributed by atoms with Crippen LogP contribution in [-0.4, -0.2) is 5.24 Å². The summed E-state index contributed by atoms with van der Waals surface area (Å²) in [6, 6.07) is 5.03. The van der Waals surface area contributed by atoms with Gasteiger partial charge in [0.2, 0.25) is 0 Å². The van der Waals surface area contributed by atoms with Crippen LogP contribution in [0.25, 0.3) is 0 Å². The maximum atomic E-state index is 10.7. The fourth-order valence-electron chi connectivity index (χ4n) is 0.968. The van der Waals surface area contributed by atoms with E-state index < -0.39 is 5.24 Å². The number of aryl methyl sites for hydroxylation is 1. The van der Waals surface area contributed by atoms with Gasteiger partial charge < -0.3 is 0 Å². The molecular formula is C9H8Cl2O. The lowest BCUT2D eigenvalue weighted by molar-refractivity contribution is 0.108. The molecule has 0 radical (unpaired) electrons. The average molecular weight is 203 g/mol. The number of carbonyl (C=O) groups excluding carboxylic acids is 1. The van der Waals surface area contributed by atoms with Gasteiger partial charge >= 0.3 is 0 Å². The van der Waals surface area contributed by atoms with Crippen molar-refractivity contribution in [3.63, 3.8) is 0 Å². The number of carbonyl (C=O) groups is 1. The molecule has 1 rings (SSSR count). The van der Waals surface area contributed by atoms with Gasteiger partial charge in [-0.25, -0.2) is 0 Å². The van der Waals surface area contributed by atoms with Gasteiger partial charge in [0.15, 0.2) is 0 Å². The average Bonchev–Trinajstić information content (AvgIpc) is 2.05. The molecule has 1 nitrogen and oxygen atoms in total. The van der Waals surface area contributed by atoms with Gasteiger partial charge in [-0.15, -0.1) is 0 Å². The molecule has 0 unspecified atom stereocenters. The minimum Gasteiger partial charge on any atom is -0.276 e. The van der Waals surface area contributed by atoms with Crippen molar-refractivity contribution in [3.05, 3.63) is 34.3 Å². The van der Waals surface area contributed by atoms with Crippen molar-refractivity contribution in [1.29, 1.82) is 0 Å². The van der Waals surface area contributed by atoms with Crippen molar-refractivity contribution in [1.82, 2.24) is 0 Å². The number of hydrogen-bond acceptors (Lipinski definition) is 1. The summed E-state index contributed by atoms with van der Waals surface area (Å²) in [5, 5.41) is 0.237. The first-order valence-corrected chi connectivity index (χ1v) is 4.39. The Balaban J connectivity index is 3.13. The summed E-state index contributed by atoms with van der Waals surface area (Å²) in [5.74, 6) is 0. The molecule has 0 saturated carbocycles. The van der Waals surface area contributed by atoms with Crippen molar-refractivity contribution >= 4 is 28.4 Å². The van der Waals surface area contributed by atoms with Crippen molar-refractivity contribution in [2.75, 3.05) is 0 Å². The Bertz CT molecular complexity index is 307. The molecule has 0 heterocycles. The van der Waals surface area contributed by atoms with E-state index in [1.54, 1.807) is 18.2 Å². The first kappa shape index (κ1) is 9.56. The monoisotopic (exact) mass is 202 g/mol. The fraction of sp³-hybridized carbons (Fsp3) is 0.222. The molecule has 1 aromatic rings. The summed E-state index contributed by atoms with van der Waals surface area (Å²) in [6.45, 7) is 1.98. The third-order valence-electron chi connectivity index (χ3n) is 1.65. The Morgan fingerprint density at radius 3 is 2.67 bits per heavy atom. The zero-order valence-electron chi connectivity index (χ0n) is 6.60. The fourth-order valence-corrected chi connectivity index (χ4v) is 1.34. The maximum absolute atomic E-state index is 10.7. The van der Waals surface area contributed by atoms with Gasteiger partial charge in [0.1, 0.15) is 0 Å². The molecule has 0 saturated heterocycles. The highest BCUT2D eigenvalue weighted by Crippen LogP contribution is 2.18.